The van der Waals surface area contributed by atoms with E-state index in [9.17, 15) is 4.79 Å². The van der Waals surface area contributed by atoms with E-state index in [1.54, 1.807) is 30.6 Å². The molecule has 0 aliphatic rings. The predicted octanol–water partition coefficient (Wildman–Crippen LogP) is 3.56. The van der Waals surface area contributed by atoms with Crippen molar-refractivity contribution in [2.75, 3.05) is 6.61 Å². The molecule has 0 unspecified atom stereocenters. The van der Waals surface area contributed by atoms with Crippen molar-refractivity contribution in [2.24, 2.45) is 0 Å². The van der Waals surface area contributed by atoms with Crippen LogP contribution in [-0.2, 0) is 6.42 Å². The highest BCUT2D eigenvalue weighted by Gasteiger charge is 2.10. The van der Waals surface area contributed by atoms with Gasteiger partial charge in [-0.25, -0.2) is 0 Å². The van der Waals surface area contributed by atoms with Gasteiger partial charge in [-0.3, -0.25) is 9.78 Å². The normalized spacial score (nSPS) is 10.2. The van der Waals surface area contributed by atoms with E-state index in [0.717, 1.165) is 5.56 Å². The van der Waals surface area contributed by atoms with Gasteiger partial charge in [0, 0.05) is 24.4 Å². The maximum atomic E-state index is 12.2. The van der Waals surface area contributed by atoms with Gasteiger partial charge in [-0.15, -0.1) is 0 Å². The molecule has 19 heavy (non-hydrogen) atoms. The Morgan fingerprint density at radius 3 is 2.95 bits per heavy atom. The van der Waals surface area contributed by atoms with Crippen LogP contribution in [0.25, 0.3) is 0 Å². The summed E-state index contributed by atoms with van der Waals surface area (Å²) in [6.07, 6.45) is 3.43. The molecule has 0 N–H and O–H groups in total. The van der Waals surface area contributed by atoms with Crippen molar-refractivity contribution in [1.82, 2.24) is 4.98 Å². The van der Waals surface area contributed by atoms with Crippen molar-refractivity contribution in [1.29, 1.82) is 0 Å². The lowest BCUT2D eigenvalue weighted by Crippen LogP contribution is -2.04. The van der Waals surface area contributed by atoms with Crippen LogP contribution in [0.4, 0.5) is 0 Å². The molecule has 0 saturated carbocycles. The van der Waals surface area contributed by atoms with Gasteiger partial charge in [-0.05, 0) is 30.7 Å². The van der Waals surface area contributed by atoms with Crippen LogP contribution < -0.4 is 4.74 Å². The summed E-state index contributed by atoms with van der Waals surface area (Å²) in [7, 11) is 0. The Kier molecular flexibility index (Phi) is 4.53. The molecule has 1 aromatic heterocycles. The van der Waals surface area contributed by atoms with Crippen molar-refractivity contribution in [3.05, 3.63) is 58.9 Å². The van der Waals surface area contributed by atoms with Gasteiger partial charge < -0.3 is 4.74 Å². The zero-order valence-corrected chi connectivity index (χ0v) is 11.4. The highest BCUT2D eigenvalue weighted by molar-refractivity contribution is 6.31. The predicted molar refractivity (Wildman–Crippen MR) is 74.9 cm³/mol. The summed E-state index contributed by atoms with van der Waals surface area (Å²) < 4.78 is 5.38. The van der Waals surface area contributed by atoms with Crippen molar-refractivity contribution in [3.8, 4) is 5.75 Å². The molecule has 98 valence electrons. The summed E-state index contributed by atoms with van der Waals surface area (Å²) in [6.45, 7) is 2.49. The number of ketones is 1. The number of carbonyl (C=O) groups excluding carboxylic acids is 1. The van der Waals surface area contributed by atoms with E-state index in [1.165, 1.54) is 0 Å². The first-order valence-corrected chi connectivity index (χ1v) is 6.43. The first-order valence-electron chi connectivity index (χ1n) is 6.05. The SMILES string of the molecule is CCOc1cccc(C(=O)Cc2ccncc2Cl)c1. The molecule has 4 heteroatoms. The molecule has 0 spiro atoms. The summed E-state index contributed by atoms with van der Waals surface area (Å²) >= 11 is 6.00. The number of aromatic nitrogens is 1. The first kappa shape index (κ1) is 13.6. The van der Waals surface area contributed by atoms with Gasteiger partial charge in [0.1, 0.15) is 5.75 Å². The van der Waals surface area contributed by atoms with E-state index in [0.29, 0.717) is 22.9 Å². The molecule has 2 aromatic rings. The van der Waals surface area contributed by atoms with Gasteiger partial charge in [0.2, 0.25) is 0 Å². The van der Waals surface area contributed by atoms with Gasteiger partial charge in [0.15, 0.2) is 5.78 Å². The highest BCUT2D eigenvalue weighted by Crippen LogP contribution is 2.18. The van der Waals surface area contributed by atoms with E-state index < -0.39 is 0 Å². The quantitative estimate of drug-likeness (QED) is 0.783. The zero-order chi connectivity index (χ0) is 13.7. The topological polar surface area (TPSA) is 39.2 Å². The van der Waals surface area contributed by atoms with Crippen LogP contribution in [0.2, 0.25) is 5.02 Å². The number of hydrogen-bond donors (Lipinski definition) is 0. The monoisotopic (exact) mass is 275 g/mol. The van der Waals surface area contributed by atoms with Gasteiger partial charge >= 0.3 is 0 Å². The number of nitrogens with zero attached hydrogens (tertiary/aromatic N) is 1. The average Bonchev–Trinajstić information content (AvgIpc) is 2.42. The van der Waals surface area contributed by atoms with E-state index in [4.69, 9.17) is 16.3 Å². The molecule has 0 aliphatic heterocycles. The van der Waals surface area contributed by atoms with Crippen LogP contribution in [0.3, 0.4) is 0 Å². The third-order valence-corrected chi connectivity index (χ3v) is 3.01. The van der Waals surface area contributed by atoms with Crippen LogP contribution >= 0.6 is 11.6 Å². The van der Waals surface area contributed by atoms with Gasteiger partial charge in [-0.1, -0.05) is 23.7 Å². The van der Waals surface area contributed by atoms with Crippen molar-refractivity contribution in [3.63, 3.8) is 0 Å². The average molecular weight is 276 g/mol. The van der Waals surface area contributed by atoms with E-state index in [-0.39, 0.29) is 12.2 Å². The summed E-state index contributed by atoms with van der Waals surface area (Å²) in [5.41, 5.74) is 1.40. The van der Waals surface area contributed by atoms with Crippen LogP contribution in [0.15, 0.2) is 42.7 Å². The second-order valence-electron chi connectivity index (χ2n) is 4.03. The Labute approximate surface area is 117 Å². The van der Waals surface area contributed by atoms with Gasteiger partial charge in [0.05, 0.1) is 11.6 Å². The van der Waals surface area contributed by atoms with Crippen molar-refractivity contribution >= 4 is 17.4 Å². The summed E-state index contributed by atoms with van der Waals surface area (Å²) in [5, 5.41) is 0.511. The van der Waals surface area contributed by atoms with Gasteiger partial charge in [0.25, 0.3) is 0 Å². The molecular formula is C15H14ClNO2. The van der Waals surface area contributed by atoms with Crippen molar-refractivity contribution < 1.29 is 9.53 Å². The largest absolute Gasteiger partial charge is 0.494 e. The first-order chi connectivity index (χ1) is 9.20. The molecule has 0 amide bonds. The number of pyridine rings is 1. The Balaban J connectivity index is 2.16. The Bertz CT molecular complexity index is 584. The fourth-order valence-electron chi connectivity index (χ4n) is 1.75. The minimum atomic E-state index is 0.00894. The lowest BCUT2D eigenvalue weighted by Gasteiger charge is -2.06. The van der Waals surface area contributed by atoms with E-state index in [1.807, 2.05) is 19.1 Å². The molecule has 0 bridgehead atoms. The number of benzene rings is 1. The third kappa shape index (κ3) is 3.55. The second-order valence-corrected chi connectivity index (χ2v) is 4.44. The fourth-order valence-corrected chi connectivity index (χ4v) is 1.93. The molecule has 0 radical (unpaired) electrons. The number of ether oxygens (including phenoxy) is 1. The molecule has 3 nitrogen and oxygen atoms in total. The molecule has 1 heterocycles. The summed E-state index contributed by atoms with van der Waals surface area (Å²) in [4.78, 5) is 16.1. The number of hydrogen-bond acceptors (Lipinski definition) is 3. The molecule has 0 saturated heterocycles. The van der Waals surface area contributed by atoms with E-state index >= 15 is 0 Å². The standard InChI is InChI=1S/C15H14ClNO2/c1-2-19-13-5-3-4-12(8-13)15(18)9-11-6-7-17-10-14(11)16/h3-8,10H,2,9H2,1H3. The van der Waals surface area contributed by atoms with Gasteiger partial charge in [-0.2, -0.15) is 0 Å². The number of halogens is 1. The van der Waals surface area contributed by atoms with Crippen LogP contribution in [0, 0.1) is 0 Å². The maximum absolute atomic E-state index is 12.2. The summed E-state index contributed by atoms with van der Waals surface area (Å²) in [6, 6.07) is 8.93. The Hall–Kier alpha value is -1.87. The minimum Gasteiger partial charge on any atom is -0.494 e. The summed E-state index contributed by atoms with van der Waals surface area (Å²) in [5.74, 6) is 0.712. The highest BCUT2D eigenvalue weighted by atomic mass is 35.5. The van der Waals surface area contributed by atoms with Crippen molar-refractivity contribution in [2.45, 2.75) is 13.3 Å². The van der Waals surface area contributed by atoms with Crippen LogP contribution in [0.1, 0.15) is 22.8 Å². The molecular weight excluding hydrogens is 262 g/mol. The van der Waals surface area contributed by atoms with E-state index in [2.05, 4.69) is 4.98 Å². The second kappa shape index (κ2) is 6.34. The molecule has 0 fully saturated rings. The minimum absolute atomic E-state index is 0.00894. The maximum Gasteiger partial charge on any atom is 0.167 e. The van der Waals surface area contributed by atoms with Crippen LogP contribution in [0.5, 0.6) is 5.75 Å². The number of Topliss-reactive ketones (excluding diaryl/α,β-unsaturated/α-hetero) is 1. The lowest BCUT2D eigenvalue weighted by molar-refractivity contribution is 0.0992. The number of carbonyl (C=O) groups is 1. The molecule has 0 aliphatic carbocycles. The molecule has 1 aromatic carbocycles. The fraction of sp³-hybridized carbons (Fsp3) is 0.200. The third-order valence-electron chi connectivity index (χ3n) is 2.67. The Morgan fingerprint density at radius 1 is 1.37 bits per heavy atom. The zero-order valence-electron chi connectivity index (χ0n) is 10.6. The molecule has 2 rings (SSSR count). The molecule has 0 atom stereocenters. The Morgan fingerprint density at radius 2 is 2.21 bits per heavy atom. The van der Waals surface area contributed by atoms with Crippen LogP contribution in [-0.4, -0.2) is 17.4 Å². The number of rotatable bonds is 5. The lowest BCUT2D eigenvalue weighted by atomic mass is 10.0. The smallest absolute Gasteiger partial charge is 0.167 e.